The van der Waals surface area contributed by atoms with E-state index in [1.165, 1.54) is 5.56 Å². The van der Waals surface area contributed by atoms with Gasteiger partial charge in [-0.05, 0) is 30.4 Å². The molecule has 4 nitrogen and oxygen atoms in total. The molecule has 2 fully saturated rings. The maximum atomic E-state index is 12.7. The van der Waals surface area contributed by atoms with Crippen LogP contribution in [0.2, 0.25) is 0 Å². The monoisotopic (exact) mass is 378 g/mol. The fraction of sp³-hybridized carbons (Fsp3) is 0.458. The Kier molecular flexibility index (Phi) is 5.79. The summed E-state index contributed by atoms with van der Waals surface area (Å²) in [7, 11) is 1.92. The standard InChI is InChI=1S/C24H30N2O2/c1-25-19-24(28-22(23(25)27)18-21-10-6-3-7-11-21)13-16-26(17-14-24)15-12-20-8-4-2-5-9-20/h2-11,22H,12-19H2,1H3. The van der Waals surface area contributed by atoms with Crippen LogP contribution in [0, 0.1) is 0 Å². The number of ether oxygens (including phenoxy) is 1. The minimum Gasteiger partial charge on any atom is -0.360 e. The number of hydrogen-bond acceptors (Lipinski definition) is 3. The van der Waals surface area contributed by atoms with Gasteiger partial charge < -0.3 is 14.5 Å². The lowest BCUT2D eigenvalue weighted by molar-refractivity contribution is -0.189. The summed E-state index contributed by atoms with van der Waals surface area (Å²) in [6.45, 7) is 3.87. The van der Waals surface area contributed by atoms with Crippen LogP contribution in [-0.2, 0) is 22.4 Å². The molecular weight excluding hydrogens is 348 g/mol. The normalized spacial score (nSPS) is 22.5. The summed E-state index contributed by atoms with van der Waals surface area (Å²) in [6.07, 6.45) is 3.36. The van der Waals surface area contributed by atoms with E-state index in [2.05, 4.69) is 47.4 Å². The molecule has 2 aromatic rings. The first-order valence-corrected chi connectivity index (χ1v) is 10.4. The molecular formula is C24H30N2O2. The van der Waals surface area contributed by atoms with Crippen molar-refractivity contribution in [2.24, 2.45) is 0 Å². The summed E-state index contributed by atoms with van der Waals surface area (Å²) in [5.74, 6) is 0.112. The van der Waals surface area contributed by atoms with Gasteiger partial charge >= 0.3 is 0 Å². The van der Waals surface area contributed by atoms with Crippen molar-refractivity contribution in [3.63, 3.8) is 0 Å². The maximum absolute atomic E-state index is 12.7. The van der Waals surface area contributed by atoms with Crippen LogP contribution >= 0.6 is 0 Å². The second kappa shape index (κ2) is 8.46. The summed E-state index contributed by atoms with van der Waals surface area (Å²) >= 11 is 0. The van der Waals surface area contributed by atoms with Crippen molar-refractivity contribution in [2.75, 3.05) is 33.2 Å². The first kappa shape index (κ1) is 19.2. The number of rotatable bonds is 5. The molecule has 2 aromatic carbocycles. The van der Waals surface area contributed by atoms with Crippen molar-refractivity contribution in [1.82, 2.24) is 9.80 Å². The number of carbonyl (C=O) groups excluding carboxylic acids is 1. The summed E-state index contributed by atoms with van der Waals surface area (Å²) in [6, 6.07) is 20.9. The minimum absolute atomic E-state index is 0.112. The zero-order valence-corrected chi connectivity index (χ0v) is 16.7. The molecule has 1 amide bonds. The van der Waals surface area contributed by atoms with Crippen LogP contribution in [0.4, 0.5) is 0 Å². The Balaban J connectivity index is 1.35. The van der Waals surface area contributed by atoms with E-state index < -0.39 is 0 Å². The Hall–Kier alpha value is -2.17. The van der Waals surface area contributed by atoms with E-state index in [4.69, 9.17) is 4.74 Å². The van der Waals surface area contributed by atoms with Gasteiger partial charge in [0.15, 0.2) is 0 Å². The topological polar surface area (TPSA) is 32.8 Å². The van der Waals surface area contributed by atoms with Crippen LogP contribution < -0.4 is 0 Å². The summed E-state index contributed by atoms with van der Waals surface area (Å²) < 4.78 is 6.49. The number of piperidine rings is 1. The van der Waals surface area contributed by atoms with Gasteiger partial charge in [-0.15, -0.1) is 0 Å². The van der Waals surface area contributed by atoms with Gasteiger partial charge in [0.25, 0.3) is 5.91 Å². The SMILES string of the molecule is CN1CC2(CCN(CCc3ccccc3)CC2)OC(Cc2ccccc2)C1=O. The van der Waals surface area contributed by atoms with Gasteiger partial charge in [0, 0.05) is 39.6 Å². The van der Waals surface area contributed by atoms with Crippen LogP contribution in [0.3, 0.4) is 0 Å². The van der Waals surface area contributed by atoms with Gasteiger partial charge in [0.2, 0.25) is 0 Å². The minimum atomic E-state index is -0.364. The van der Waals surface area contributed by atoms with E-state index in [0.29, 0.717) is 13.0 Å². The van der Waals surface area contributed by atoms with Gasteiger partial charge in [-0.25, -0.2) is 0 Å². The smallest absolute Gasteiger partial charge is 0.251 e. The average Bonchev–Trinajstić information content (AvgIpc) is 2.73. The van der Waals surface area contributed by atoms with E-state index in [9.17, 15) is 4.79 Å². The van der Waals surface area contributed by atoms with Crippen LogP contribution in [0.1, 0.15) is 24.0 Å². The Labute approximate surface area is 168 Å². The molecule has 1 unspecified atom stereocenters. The fourth-order valence-electron chi connectivity index (χ4n) is 4.49. The number of nitrogens with zero attached hydrogens (tertiary/aromatic N) is 2. The highest BCUT2D eigenvalue weighted by Crippen LogP contribution is 2.33. The molecule has 0 saturated carbocycles. The predicted octanol–water partition coefficient (Wildman–Crippen LogP) is 3.16. The van der Waals surface area contributed by atoms with Gasteiger partial charge in [0.05, 0.1) is 5.60 Å². The summed E-state index contributed by atoms with van der Waals surface area (Å²) in [5.41, 5.74) is 2.36. The highest BCUT2D eigenvalue weighted by Gasteiger charge is 2.45. The van der Waals surface area contributed by atoms with Crippen molar-refractivity contribution in [3.05, 3.63) is 71.8 Å². The molecule has 4 rings (SSSR count). The average molecular weight is 379 g/mol. The van der Waals surface area contributed by atoms with E-state index in [-0.39, 0.29) is 17.6 Å². The van der Waals surface area contributed by atoms with Crippen molar-refractivity contribution < 1.29 is 9.53 Å². The number of morpholine rings is 1. The third-order valence-electron chi connectivity index (χ3n) is 6.16. The molecule has 4 heteroatoms. The summed E-state index contributed by atoms with van der Waals surface area (Å²) in [5, 5.41) is 0. The van der Waals surface area contributed by atoms with Crippen molar-refractivity contribution >= 4 is 5.91 Å². The Morgan fingerprint density at radius 1 is 0.964 bits per heavy atom. The molecule has 2 aliphatic heterocycles. The highest BCUT2D eigenvalue weighted by atomic mass is 16.5. The Bertz CT molecular complexity index is 770. The fourth-order valence-corrected chi connectivity index (χ4v) is 4.49. The third-order valence-corrected chi connectivity index (χ3v) is 6.16. The number of carbonyl (C=O) groups is 1. The van der Waals surface area contributed by atoms with Crippen LogP contribution in [0.5, 0.6) is 0 Å². The lowest BCUT2D eigenvalue weighted by Crippen LogP contribution is -2.61. The number of hydrogen-bond donors (Lipinski definition) is 0. The second-order valence-corrected chi connectivity index (χ2v) is 8.25. The second-order valence-electron chi connectivity index (χ2n) is 8.25. The molecule has 0 bridgehead atoms. The third kappa shape index (κ3) is 4.45. The number of likely N-dealkylation sites (tertiary alicyclic amines) is 1. The van der Waals surface area contributed by atoms with Crippen molar-refractivity contribution in [3.8, 4) is 0 Å². The Morgan fingerprint density at radius 3 is 2.21 bits per heavy atom. The molecule has 148 valence electrons. The van der Waals surface area contributed by atoms with Gasteiger partial charge in [-0.1, -0.05) is 60.7 Å². The quantitative estimate of drug-likeness (QED) is 0.801. The van der Waals surface area contributed by atoms with Gasteiger partial charge in [-0.2, -0.15) is 0 Å². The van der Waals surface area contributed by atoms with Gasteiger partial charge in [0.1, 0.15) is 6.10 Å². The molecule has 0 radical (unpaired) electrons. The zero-order valence-electron chi connectivity index (χ0n) is 16.7. The zero-order chi connectivity index (χ0) is 19.4. The van der Waals surface area contributed by atoms with E-state index in [1.807, 2.05) is 30.1 Å². The number of benzene rings is 2. The highest BCUT2D eigenvalue weighted by molar-refractivity contribution is 5.82. The Morgan fingerprint density at radius 2 is 1.57 bits per heavy atom. The predicted molar refractivity (Wildman–Crippen MR) is 111 cm³/mol. The molecule has 2 aliphatic rings. The molecule has 28 heavy (non-hydrogen) atoms. The molecule has 0 N–H and O–H groups in total. The molecule has 1 spiro atoms. The molecule has 0 aliphatic carbocycles. The molecule has 2 saturated heterocycles. The van der Waals surface area contributed by atoms with Gasteiger partial charge in [-0.3, -0.25) is 4.79 Å². The van der Waals surface area contributed by atoms with Crippen LogP contribution in [0.15, 0.2) is 60.7 Å². The summed E-state index contributed by atoms with van der Waals surface area (Å²) in [4.78, 5) is 17.1. The van der Waals surface area contributed by atoms with Crippen molar-refractivity contribution in [2.45, 2.75) is 37.4 Å². The largest absolute Gasteiger partial charge is 0.360 e. The lowest BCUT2D eigenvalue weighted by atomic mass is 9.87. The van der Waals surface area contributed by atoms with E-state index in [1.54, 1.807) is 0 Å². The molecule has 0 aromatic heterocycles. The molecule has 1 atom stereocenters. The first-order valence-electron chi connectivity index (χ1n) is 10.4. The number of likely N-dealkylation sites (N-methyl/N-ethyl adjacent to an activating group) is 1. The number of amides is 1. The first-order chi connectivity index (χ1) is 13.6. The van der Waals surface area contributed by atoms with E-state index in [0.717, 1.165) is 44.5 Å². The van der Waals surface area contributed by atoms with E-state index >= 15 is 0 Å². The van der Waals surface area contributed by atoms with Crippen LogP contribution in [-0.4, -0.2) is 60.6 Å². The lowest BCUT2D eigenvalue weighted by Gasteiger charge is -2.48. The van der Waals surface area contributed by atoms with Crippen molar-refractivity contribution in [1.29, 1.82) is 0 Å². The maximum Gasteiger partial charge on any atom is 0.251 e. The molecule has 2 heterocycles. The van der Waals surface area contributed by atoms with Crippen LogP contribution in [0.25, 0.3) is 0 Å².